The standard InChI is InChI=1S/C9H11N2P/c1-12(2)9-5-7(6-10)3-4-8(9)11/h3-5H,11H2,1-2H3. The smallest absolute Gasteiger partial charge is 0.0991 e. The van der Waals surface area contributed by atoms with Gasteiger partial charge in [-0.05, 0) is 36.8 Å². The van der Waals surface area contributed by atoms with Crippen LogP contribution >= 0.6 is 7.92 Å². The molecule has 0 unspecified atom stereocenters. The normalized spacial score (nSPS) is 9.83. The number of nitriles is 1. The average molecular weight is 178 g/mol. The molecule has 0 aliphatic carbocycles. The van der Waals surface area contributed by atoms with Gasteiger partial charge in [-0.3, -0.25) is 0 Å². The highest BCUT2D eigenvalue weighted by molar-refractivity contribution is 7.64. The zero-order valence-electron chi connectivity index (χ0n) is 7.20. The number of nitrogens with zero attached hydrogens (tertiary/aromatic N) is 1. The van der Waals surface area contributed by atoms with Crippen LogP contribution in [0.5, 0.6) is 0 Å². The second kappa shape index (κ2) is 3.56. The van der Waals surface area contributed by atoms with Gasteiger partial charge < -0.3 is 5.73 Å². The highest BCUT2D eigenvalue weighted by Crippen LogP contribution is 2.27. The first-order valence-electron chi connectivity index (χ1n) is 3.62. The van der Waals surface area contributed by atoms with Gasteiger partial charge in [0.15, 0.2) is 0 Å². The fourth-order valence-electron chi connectivity index (χ4n) is 1.00. The molecule has 0 aliphatic rings. The summed E-state index contributed by atoms with van der Waals surface area (Å²) in [6, 6.07) is 7.53. The Morgan fingerprint density at radius 2 is 2.08 bits per heavy atom. The average Bonchev–Trinajstić information content (AvgIpc) is 2.05. The molecule has 0 aliphatic heterocycles. The summed E-state index contributed by atoms with van der Waals surface area (Å²) in [5.41, 5.74) is 7.24. The molecule has 0 atom stereocenters. The third-order valence-corrected chi connectivity index (χ3v) is 2.99. The van der Waals surface area contributed by atoms with Crippen LogP contribution < -0.4 is 11.0 Å². The quantitative estimate of drug-likeness (QED) is 0.523. The lowest BCUT2D eigenvalue weighted by atomic mass is 10.2. The first-order valence-corrected chi connectivity index (χ1v) is 5.85. The van der Waals surface area contributed by atoms with E-state index in [1.807, 2.05) is 6.07 Å². The molecular formula is C9H11N2P. The molecule has 0 fully saturated rings. The Labute approximate surface area is 73.8 Å². The van der Waals surface area contributed by atoms with Crippen LogP contribution in [-0.4, -0.2) is 13.3 Å². The van der Waals surface area contributed by atoms with Gasteiger partial charge in [-0.2, -0.15) is 5.26 Å². The van der Waals surface area contributed by atoms with Crippen molar-refractivity contribution in [2.75, 3.05) is 19.1 Å². The predicted molar refractivity (Wildman–Crippen MR) is 54.0 cm³/mol. The molecule has 0 amide bonds. The second-order valence-electron chi connectivity index (χ2n) is 2.78. The first kappa shape index (κ1) is 9.03. The van der Waals surface area contributed by atoms with Crippen molar-refractivity contribution in [3.05, 3.63) is 23.8 Å². The summed E-state index contributed by atoms with van der Waals surface area (Å²) in [6.07, 6.45) is 0. The summed E-state index contributed by atoms with van der Waals surface area (Å²) in [7, 11) is -0.214. The lowest BCUT2D eigenvalue weighted by molar-refractivity contribution is 1.49. The lowest BCUT2D eigenvalue weighted by Gasteiger charge is -2.09. The fraction of sp³-hybridized carbons (Fsp3) is 0.222. The van der Waals surface area contributed by atoms with Crippen LogP contribution in [0.15, 0.2) is 18.2 Å². The van der Waals surface area contributed by atoms with E-state index in [1.54, 1.807) is 12.1 Å². The van der Waals surface area contributed by atoms with Crippen molar-refractivity contribution in [1.29, 1.82) is 5.26 Å². The number of rotatable bonds is 1. The molecule has 0 heterocycles. The van der Waals surface area contributed by atoms with E-state index in [-0.39, 0.29) is 7.92 Å². The molecule has 1 aromatic rings. The molecule has 1 rings (SSSR count). The van der Waals surface area contributed by atoms with Crippen LogP contribution in [0.2, 0.25) is 0 Å². The van der Waals surface area contributed by atoms with Crippen molar-refractivity contribution in [3.8, 4) is 6.07 Å². The van der Waals surface area contributed by atoms with Gasteiger partial charge in [0.05, 0.1) is 11.6 Å². The molecule has 0 radical (unpaired) electrons. The van der Waals surface area contributed by atoms with E-state index in [2.05, 4.69) is 19.4 Å². The number of benzene rings is 1. The largest absolute Gasteiger partial charge is 0.398 e. The summed E-state index contributed by atoms with van der Waals surface area (Å²) in [5.74, 6) is 0. The molecule has 0 saturated heterocycles. The second-order valence-corrected chi connectivity index (χ2v) is 5.05. The molecular weight excluding hydrogens is 167 g/mol. The Bertz CT molecular complexity index is 326. The molecule has 1 aromatic carbocycles. The SMILES string of the molecule is CP(C)c1cc(C#N)ccc1N. The minimum Gasteiger partial charge on any atom is -0.398 e. The van der Waals surface area contributed by atoms with E-state index in [4.69, 9.17) is 11.0 Å². The highest BCUT2D eigenvalue weighted by Gasteiger charge is 2.03. The van der Waals surface area contributed by atoms with Crippen LogP contribution in [0.1, 0.15) is 5.56 Å². The maximum Gasteiger partial charge on any atom is 0.0991 e. The molecule has 62 valence electrons. The van der Waals surface area contributed by atoms with Gasteiger partial charge in [0.1, 0.15) is 0 Å². The van der Waals surface area contributed by atoms with Crippen molar-refractivity contribution in [2.45, 2.75) is 0 Å². The maximum absolute atomic E-state index is 8.65. The summed E-state index contributed by atoms with van der Waals surface area (Å²) in [5, 5.41) is 9.77. The van der Waals surface area contributed by atoms with E-state index >= 15 is 0 Å². The van der Waals surface area contributed by atoms with Crippen LogP contribution in [-0.2, 0) is 0 Å². The molecule has 2 N–H and O–H groups in total. The van der Waals surface area contributed by atoms with Crippen LogP contribution in [0.4, 0.5) is 5.69 Å². The number of anilines is 1. The van der Waals surface area contributed by atoms with Crippen molar-refractivity contribution >= 4 is 18.9 Å². The minimum absolute atomic E-state index is 0.214. The number of nitrogens with two attached hydrogens (primary N) is 1. The molecule has 0 saturated carbocycles. The molecule has 12 heavy (non-hydrogen) atoms. The van der Waals surface area contributed by atoms with Crippen molar-refractivity contribution in [2.24, 2.45) is 0 Å². The van der Waals surface area contributed by atoms with Crippen LogP contribution in [0.25, 0.3) is 0 Å². The lowest BCUT2D eigenvalue weighted by Crippen LogP contribution is -2.07. The maximum atomic E-state index is 8.65. The van der Waals surface area contributed by atoms with Crippen molar-refractivity contribution < 1.29 is 0 Å². The fourth-order valence-corrected chi connectivity index (χ4v) is 1.99. The van der Waals surface area contributed by atoms with Crippen molar-refractivity contribution in [1.82, 2.24) is 0 Å². The van der Waals surface area contributed by atoms with Gasteiger partial charge in [0.25, 0.3) is 0 Å². The van der Waals surface area contributed by atoms with E-state index in [9.17, 15) is 0 Å². The number of nitrogen functional groups attached to an aromatic ring is 1. The van der Waals surface area contributed by atoms with Gasteiger partial charge >= 0.3 is 0 Å². The van der Waals surface area contributed by atoms with Gasteiger partial charge in [-0.1, -0.05) is 7.92 Å². The van der Waals surface area contributed by atoms with E-state index in [0.29, 0.717) is 5.56 Å². The Morgan fingerprint density at radius 3 is 2.58 bits per heavy atom. The van der Waals surface area contributed by atoms with Gasteiger partial charge in [0, 0.05) is 5.69 Å². The molecule has 2 nitrogen and oxygen atoms in total. The zero-order chi connectivity index (χ0) is 9.14. The van der Waals surface area contributed by atoms with Crippen LogP contribution in [0.3, 0.4) is 0 Å². The Balaban J connectivity index is 3.19. The van der Waals surface area contributed by atoms with Gasteiger partial charge in [-0.25, -0.2) is 0 Å². The zero-order valence-corrected chi connectivity index (χ0v) is 8.10. The summed E-state index contributed by atoms with van der Waals surface area (Å²) < 4.78 is 0. The van der Waals surface area contributed by atoms with Gasteiger partial charge in [0.2, 0.25) is 0 Å². The summed E-state index contributed by atoms with van der Waals surface area (Å²) >= 11 is 0. The molecule has 0 aromatic heterocycles. The Kier molecular flexibility index (Phi) is 2.68. The highest BCUT2D eigenvalue weighted by atomic mass is 31.1. The first-order chi connectivity index (χ1) is 5.65. The van der Waals surface area contributed by atoms with Gasteiger partial charge in [-0.15, -0.1) is 0 Å². The van der Waals surface area contributed by atoms with E-state index in [0.717, 1.165) is 11.0 Å². The molecule has 0 spiro atoms. The Hall–Kier alpha value is -1.06. The minimum atomic E-state index is -0.214. The third-order valence-electron chi connectivity index (χ3n) is 1.64. The number of hydrogen-bond donors (Lipinski definition) is 1. The monoisotopic (exact) mass is 178 g/mol. The molecule has 3 heteroatoms. The summed E-state index contributed by atoms with van der Waals surface area (Å²) in [4.78, 5) is 0. The van der Waals surface area contributed by atoms with E-state index in [1.165, 1.54) is 0 Å². The van der Waals surface area contributed by atoms with Crippen LogP contribution in [0, 0.1) is 11.3 Å². The topological polar surface area (TPSA) is 49.8 Å². The predicted octanol–water partition coefficient (Wildman–Crippen LogP) is 1.51. The molecule has 0 bridgehead atoms. The van der Waals surface area contributed by atoms with E-state index < -0.39 is 0 Å². The third kappa shape index (κ3) is 1.75. The Morgan fingerprint density at radius 1 is 1.42 bits per heavy atom. The summed E-state index contributed by atoms with van der Waals surface area (Å²) in [6.45, 7) is 4.25. The number of hydrogen-bond acceptors (Lipinski definition) is 2. The van der Waals surface area contributed by atoms with Crippen molar-refractivity contribution in [3.63, 3.8) is 0 Å².